The van der Waals surface area contributed by atoms with E-state index in [1.807, 2.05) is 13.8 Å². The van der Waals surface area contributed by atoms with E-state index in [1.54, 1.807) is 0 Å². The lowest BCUT2D eigenvalue weighted by atomic mass is 10.1. The Morgan fingerprint density at radius 3 is 2.68 bits per heavy atom. The number of nitrogens with one attached hydrogen (secondary N) is 2. The summed E-state index contributed by atoms with van der Waals surface area (Å²) >= 11 is 5.88. The second-order valence-corrected chi connectivity index (χ2v) is 5.00. The minimum Gasteiger partial charge on any atom is -0.352 e. The van der Waals surface area contributed by atoms with Crippen molar-refractivity contribution < 1.29 is 0 Å². The van der Waals surface area contributed by atoms with Gasteiger partial charge in [-0.05, 0) is 43.9 Å². The van der Waals surface area contributed by atoms with Gasteiger partial charge in [-0.3, -0.25) is 0 Å². The maximum Gasteiger partial charge on any atom is 0.229 e. The zero-order valence-corrected chi connectivity index (χ0v) is 11.9. The van der Waals surface area contributed by atoms with E-state index in [9.17, 15) is 0 Å². The summed E-state index contributed by atoms with van der Waals surface area (Å²) in [4.78, 5) is 12.4. The predicted octanol–water partition coefficient (Wildman–Crippen LogP) is 3.03. The number of allylic oxidation sites excluding steroid dienone is 2. The monoisotopic (exact) mass is 279 g/mol. The Bertz CT molecular complexity index is 496. The minimum atomic E-state index is 0.189. The molecule has 2 N–H and O–H groups in total. The average Bonchev–Trinajstić information content (AvgIpc) is 2.36. The summed E-state index contributed by atoms with van der Waals surface area (Å²) < 4.78 is 0. The number of halogens is 1. The number of nitrogens with zero attached hydrogens (tertiary/aromatic N) is 3. The molecule has 0 unspecified atom stereocenters. The lowest BCUT2D eigenvalue weighted by Crippen LogP contribution is -2.15. The van der Waals surface area contributed by atoms with Gasteiger partial charge in [0.1, 0.15) is 0 Å². The van der Waals surface area contributed by atoms with Crippen LogP contribution in [0.4, 0.5) is 11.9 Å². The maximum atomic E-state index is 5.88. The Hall–Kier alpha value is -1.62. The molecule has 0 fully saturated rings. The highest BCUT2D eigenvalue weighted by atomic mass is 35.5. The summed E-state index contributed by atoms with van der Waals surface area (Å²) in [6.07, 6.45) is 8.70. The van der Waals surface area contributed by atoms with Crippen LogP contribution in [-0.2, 0) is 0 Å². The van der Waals surface area contributed by atoms with Crippen molar-refractivity contribution >= 4 is 23.5 Å². The largest absolute Gasteiger partial charge is 0.352 e. The Kier molecular flexibility index (Phi) is 4.74. The summed E-state index contributed by atoms with van der Waals surface area (Å²) in [5.41, 5.74) is 1.24. The van der Waals surface area contributed by atoms with E-state index in [0.717, 1.165) is 12.8 Å². The first-order valence-electron chi connectivity index (χ1n) is 6.41. The Balaban J connectivity index is 2.01. The Morgan fingerprint density at radius 2 is 2.00 bits per heavy atom. The van der Waals surface area contributed by atoms with Gasteiger partial charge in [-0.1, -0.05) is 18.2 Å². The van der Waals surface area contributed by atoms with Crippen LogP contribution >= 0.6 is 11.6 Å². The highest BCUT2D eigenvalue weighted by molar-refractivity contribution is 6.28. The average molecular weight is 280 g/mol. The van der Waals surface area contributed by atoms with E-state index >= 15 is 0 Å². The molecule has 2 rings (SSSR count). The normalized spacial score (nSPS) is 14.4. The van der Waals surface area contributed by atoms with Gasteiger partial charge in [0.25, 0.3) is 0 Å². The summed E-state index contributed by atoms with van der Waals surface area (Å²) in [6.45, 7) is 4.73. The van der Waals surface area contributed by atoms with Crippen LogP contribution in [0.3, 0.4) is 0 Å². The molecule has 19 heavy (non-hydrogen) atoms. The molecular weight excluding hydrogens is 262 g/mol. The number of aromatic nitrogens is 3. The fourth-order valence-corrected chi connectivity index (χ4v) is 1.89. The van der Waals surface area contributed by atoms with Crippen molar-refractivity contribution in [2.45, 2.75) is 32.7 Å². The van der Waals surface area contributed by atoms with Crippen LogP contribution in [0.2, 0.25) is 5.28 Å². The molecule has 5 nitrogen and oxygen atoms in total. The molecule has 0 saturated carbocycles. The molecule has 0 atom stereocenters. The molecule has 1 aromatic heterocycles. The Morgan fingerprint density at radius 1 is 1.21 bits per heavy atom. The topological polar surface area (TPSA) is 62.7 Å². The van der Waals surface area contributed by atoms with Crippen LogP contribution in [0.25, 0.3) is 0 Å². The van der Waals surface area contributed by atoms with Gasteiger partial charge < -0.3 is 10.6 Å². The summed E-state index contributed by atoms with van der Waals surface area (Å²) in [7, 11) is 0. The van der Waals surface area contributed by atoms with Gasteiger partial charge in [0.2, 0.25) is 17.2 Å². The number of anilines is 2. The van der Waals surface area contributed by atoms with Crippen LogP contribution in [0, 0.1) is 0 Å². The molecule has 0 aliphatic heterocycles. The zero-order chi connectivity index (χ0) is 13.7. The summed E-state index contributed by atoms with van der Waals surface area (Å²) in [5.74, 6) is 0.980. The first kappa shape index (κ1) is 13.8. The summed E-state index contributed by atoms with van der Waals surface area (Å²) in [5, 5.41) is 6.46. The number of rotatable bonds is 5. The second-order valence-electron chi connectivity index (χ2n) is 4.66. The van der Waals surface area contributed by atoms with Crippen LogP contribution in [-0.4, -0.2) is 27.5 Å². The SMILES string of the molecule is CC(C)Nc1nc(Cl)nc(NCC2=CCCC=C2)n1. The van der Waals surface area contributed by atoms with Gasteiger partial charge in [0.05, 0.1) is 0 Å². The van der Waals surface area contributed by atoms with Gasteiger partial charge in [-0.2, -0.15) is 15.0 Å². The number of hydrogen-bond acceptors (Lipinski definition) is 5. The smallest absolute Gasteiger partial charge is 0.229 e. The molecule has 1 aliphatic rings. The molecular formula is C13H18ClN5. The van der Waals surface area contributed by atoms with Crippen molar-refractivity contribution in [2.24, 2.45) is 0 Å². The van der Waals surface area contributed by atoms with E-state index in [0.29, 0.717) is 18.4 Å². The van der Waals surface area contributed by atoms with Crippen LogP contribution in [0.1, 0.15) is 26.7 Å². The highest BCUT2D eigenvalue weighted by Crippen LogP contribution is 2.13. The molecule has 0 amide bonds. The van der Waals surface area contributed by atoms with Gasteiger partial charge >= 0.3 is 0 Å². The van der Waals surface area contributed by atoms with Crippen LogP contribution in [0.15, 0.2) is 23.8 Å². The molecule has 1 aromatic rings. The van der Waals surface area contributed by atoms with Crippen molar-refractivity contribution in [3.63, 3.8) is 0 Å². The van der Waals surface area contributed by atoms with Crippen LogP contribution in [0.5, 0.6) is 0 Å². The van der Waals surface area contributed by atoms with E-state index in [4.69, 9.17) is 11.6 Å². The first-order chi connectivity index (χ1) is 9.13. The van der Waals surface area contributed by atoms with Crippen molar-refractivity contribution in [2.75, 3.05) is 17.2 Å². The predicted molar refractivity (Wildman–Crippen MR) is 78.5 cm³/mol. The third kappa shape index (κ3) is 4.52. The molecule has 0 radical (unpaired) electrons. The van der Waals surface area contributed by atoms with Crippen molar-refractivity contribution in [3.05, 3.63) is 29.1 Å². The molecule has 0 bridgehead atoms. The van der Waals surface area contributed by atoms with E-state index in [2.05, 4.69) is 43.8 Å². The lowest BCUT2D eigenvalue weighted by molar-refractivity contribution is 0.866. The molecule has 6 heteroatoms. The van der Waals surface area contributed by atoms with E-state index < -0.39 is 0 Å². The van der Waals surface area contributed by atoms with Crippen molar-refractivity contribution in [1.29, 1.82) is 0 Å². The first-order valence-corrected chi connectivity index (χ1v) is 6.79. The molecule has 102 valence electrons. The van der Waals surface area contributed by atoms with Gasteiger partial charge in [-0.25, -0.2) is 0 Å². The number of hydrogen-bond donors (Lipinski definition) is 2. The quantitative estimate of drug-likeness (QED) is 0.867. The molecule has 0 spiro atoms. The Labute approximate surface area is 118 Å². The highest BCUT2D eigenvalue weighted by Gasteiger charge is 2.06. The molecule has 0 saturated heterocycles. The van der Waals surface area contributed by atoms with E-state index in [-0.39, 0.29) is 11.3 Å². The van der Waals surface area contributed by atoms with Crippen molar-refractivity contribution in [1.82, 2.24) is 15.0 Å². The zero-order valence-electron chi connectivity index (χ0n) is 11.2. The van der Waals surface area contributed by atoms with Gasteiger partial charge in [0.15, 0.2) is 0 Å². The van der Waals surface area contributed by atoms with Gasteiger partial charge in [-0.15, -0.1) is 0 Å². The fraction of sp³-hybridized carbons (Fsp3) is 0.462. The van der Waals surface area contributed by atoms with Crippen molar-refractivity contribution in [3.8, 4) is 0 Å². The second kappa shape index (κ2) is 6.52. The minimum absolute atomic E-state index is 0.189. The van der Waals surface area contributed by atoms with E-state index in [1.165, 1.54) is 5.57 Å². The third-order valence-electron chi connectivity index (χ3n) is 2.55. The molecule has 1 heterocycles. The standard InChI is InChI=1S/C13H18ClN5/c1-9(2)16-13-18-11(14)17-12(19-13)15-8-10-6-4-3-5-7-10/h4,6-7,9H,3,5,8H2,1-2H3,(H2,15,16,17,18,19). The molecule has 0 aromatic carbocycles. The lowest BCUT2D eigenvalue weighted by Gasteiger charge is -2.11. The van der Waals surface area contributed by atoms with Crippen LogP contribution < -0.4 is 10.6 Å². The third-order valence-corrected chi connectivity index (χ3v) is 2.72. The molecule has 1 aliphatic carbocycles. The fourth-order valence-electron chi connectivity index (χ4n) is 1.73. The van der Waals surface area contributed by atoms with Gasteiger partial charge in [0, 0.05) is 12.6 Å². The maximum absolute atomic E-state index is 5.88. The summed E-state index contributed by atoms with van der Waals surface area (Å²) in [6, 6.07) is 0.246.